The third kappa shape index (κ3) is 2.78. The number of alkyl halides is 1. The third-order valence-electron chi connectivity index (χ3n) is 3.55. The Labute approximate surface area is 113 Å². The van der Waals surface area contributed by atoms with Crippen LogP contribution in [0.15, 0.2) is 10.9 Å². The average molecular weight is 270 g/mol. The number of methoxy groups -OCH3 is 1. The van der Waals surface area contributed by atoms with Crippen molar-refractivity contribution in [2.45, 2.75) is 44.5 Å². The van der Waals surface area contributed by atoms with Gasteiger partial charge in [-0.2, -0.15) is 0 Å². The molecule has 1 aromatic heterocycles. The summed E-state index contributed by atoms with van der Waals surface area (Å²) in [6.45, 7) is 1.42. The summed E-state index contributed by atoms with van der Waals surface area (Å²) in [4.78, 5) is 12.3. The molecule has 1 heterocycles. The molecule has 1 aromatic rings. The van der Waals surface area contributed by atoms with Gasteiger partial charge in [-0.25, -0.2) is 0 Å². The van der Waals surface area contributed by atoms with Gasteiger partial charge in [-0.3, -0.25) is 4.79 Å². The summed E-state index contributed by atoms with van der Waals surface area (Å²) in [5.74, 6) is 0.302. The van der Waals surface area contributed by atoms with Crippen molar-refractivity contribution in [2.75, 3.05) is 13.7 Å². The number of rotatable bonds is 5. The zero-order valence-electron chi connectivity index (χ0n) is 10.9. The number of ether oxygens (including phenoxy) is 1. The topological polar surface area (TPSA) is 31.2 Å². The van der Waals surface area contributed by atoms with Crippen LogP contribution in [0.25, 0.3) is 0 Å². The molecule has 0 N–H and O–H groups in total. The van der Waals surface area contributed by atoms with Gasteiger partial charge >= 0.3 is 0 Å². The van der Waals surface area contributed by atoms with E-state index in [1.165, 1.54) is 24.1 Å². The lowest BCUT2D eigenvalue weighted by Gasteiger charge is -2.22. The first kappa shape index (κ1) is 13.6. The summed E-state index contributed by atoms with van der Waals surface area (Å²) >= 11 is 5.87. The molecular formula is C14H20ClNO2. The molecule has 0 spiro atoms. The largest absolute Gasteiger partial charge is 0.385 e. The van der Waals surface area contributed by atoms with Gasteiger partial charge in [-0.15, -0.1) is 11.6 Å². The molecule has 3 nitrogen and oxygen atoms in total. The number of fused-ring (bicyclic) bond motifs is 1. The van der Waals surface area contributed by atoms with E-state index in [1.54, 1.807) is 7.11 Å². The first-order valence-electron chi connectivity index (χ1n) is 6.57. The number of hydrogen-bond donors (Lipinski definition) is 0. The fraction of sp³-hybridized carbons (Fsp3) is 0.643. The summed E-state index contributed by atoms with van der Waals surface area (Å²) in [6.07, 6.45) is 5.35. The minimum atomic E-state index is 0.0850. The molecule has 0 aromatic carbocycles. The van der Waals surface area contributed by atoms with E-state index in [-0.39, 0.29) is 5.56 Å². The molecule has 18 heavy (non-hydrogen) atoms. The number of nitrogens with zero attached hydrogens (tertiary/aromatic N) is 1. The van der Waals surface area contributed by atoms with Crippen LogP contribution >= 0.6 is 11.6 Å². The maximum atomic E-state index is 12.3. The van der Waals surface area contributed by atoms with Gasteiger partial charge in [-0.05, 0) is 43.7 Å². The summed E-state index contributed by atoms with van der Waals surface area (Å²) in [7, 11) is 1.69. The smallest absolute Gasteiger partial charge is 0.255 e. The van der Waals surface area contributed by atoms with Crippen LogP contribution in [0.4, 0.5) is 0 Å². The van der Waals surface area contributed by atoms with Crippen molar-refractivity contribution in [2.24, 2.45) is 0 Å². The van der Waals surface area contributed by atoms with E-state index in [9.17, 15) is 4.79 Å². The molecule has 1 aliphatic carbocycles. The highest BCUT2D eigenvalue weighted by Gasteiger charge is 2.16. The molecule has 0 aliphatic heterocycles. The Kier molecular flexibility index (Phi) is 4.84. The normalized spacial score (nSPS) is 14.6. The molecule has 0 saturated heterocycles. The standard InChI is InChI=1S/C14H20ClNO2/c1-18-8-4-7-16-13-6-3-2-5-11(13)9-12(10-15)14(16)17/h9H,2-8,10H2,1H3. The van der Waals surface area contributed by atoms with Gasteiger partial charge in [0.25, 0.3) is 5.56 Å². The van der Waals surface area contributed by atoms with E-state index in [0.717, 1.165) is 31.4 Å². The van der Waals surface area contributed by atoms with Crippen LogP contribution in [-0.4, -0.2) is 18.3 Å². The second kappa shape index (κ2) is 6.39. The quantitative estimate of drug-likeness (QED) is 0.608. The highest BCUT2D eigenvalue weighted by molar-refractivity contribution is 6.17. The third-order valence-corrected chi connectivity index (χ3v) is 3.84. The summed E-state index contributed by atoms with van der Waals surface area (Å²) < 4.78 is 6.98. The number of aromatic nitrogens is 1. The van der Waals surface area contributed by atoms with Crippen molar-refractivity contribution < 1.29 is 4.74 Å². The van der Waals surface area contributed by atoms with Gasteiger partial charge in [0.2, 0.25) is 0 Å². The lowest BCUT2D eigenvalue weighted by molar-refractivity contribution is 0.189. The van der Waals surface area contributed by atoms with Crippen LogP contribution in [-0.2, 0) is 30.0 Å². The van der Waals surface area contributed by atoms with Crippen molar-refractivity contribution in [1.29, 1.82) is 0 Å². The van der Waals surface area contributed by atoms with Crippen LogP contribution in [0.5, 0.6) is 0 Å². The van der Waals surface area contributed by atoms with Crippen molar-refractivity contribution >= 4 is 11.6 Å². The van der Waals surface area contributed by atoms with Gasteiger partial charge in [0.1, 0.15) is 0 Å². The first-order chi connectivity index (χ1) is 8.77. The molecule has 100 valence electrons. The Balaban J connectivity index is 2.37. The molecule has 0 unspecified atom stereocenters. The second-order valence-electron chi connectivity index (χ2n) is 4.79. The van der Waals surface area contributed by atoms with E-state index < -0.39 is 0 Å². The lowest BCUT2D eigenvalue weighted by Crippen LogP contribution is -2.29. The van der Waals surface area contributed by atoms with Crippen molar-refractivity contribution in [1.82, 2.24) is 4.57 Å². The molecular weight excluding hydrogens is 250 g/mol. The molecule has 4 heteroatoms. The minimum absolute atomic E-state index is 0.0850. The highest BCUT2D eigenvalue weighted by Crippen LogP contribution is 2.21. The number of hydrogen-bond acceptors (Lipinski definition) is 2. The van der Waals surface area contributed by atoms with Crippen molar-refractivity contribution in [3.63, 3.8) is 0 Å². The molecule has 0 amide bonds. The van der Waals surface area contributed by atoms with E-state index in [0.29, 0.717) is 12.5 Å². The lowest BCUT2D eigenvalue weighted by atomic mass is 9.94. The maximum absolute atomic E-state index is 12.3. The Morgan fingerprint density at radius 2 is 2.17 bits per heavy atom. The Morgan fingerprint density at radius 3 is 2.89 bits per heavy atom. The van der Waals surface area contributed by atoms with Crippen LogP contribution < -0.4 is 5.56 Å². The fourth-order valence-electron chi connectivity index (χ4n) is 2.64. The Morgan fingerprint density at radius 1 is 1.39 bits per heavy atom. The van der Waals surface area contributed by atoms with Crippen LogP contribution in [0.1, 0.15) is 36.1 Å². The first-order valence-corrected chi connectivity index (χ1v) is 7.10. The van der Waals surface area contributed by atoms with Gasteiger partial charge in [0, 0.05) is 31.5 Å². The predicted molar refractivity (Wildman–Crippen MR) is 73.4 cm³/mol. The maximum Gasteiger partial charge on any atom is 0.255 e. The molecule has 2 rings (SSSR count). The zero-order valence-corrected chi connectivity index (χ0v) is 11.6. The second-order valence-corrected chi connectivity index (χ2v) is 5.05. The molecule has 0 atom stereocenters. The van der Waals surface area contributed by atoms with Gasteiger partial charge in [0.05, 0.1) is 5.88 Å². The van der Waals surface area contributed by atoms with Crippen molar-refractivity contribution in [3.8, 4) is 0 Å². The number of pyridine rings is 1. The summed E-state index contributed by atoms with van der Waals surface area (Å²) in [5.41, 5.74) is 3.35. The minimum Gasteiger partial charge on any atom is -0.385 e. The van der Waals surface area contributed by atoms with E-state index in [1.807, 2.05) is 10.6 Å². The zero-order chi connectivity index (χ0) is 13.0. The van der Waals surface area contributed by atoms with Gasteiger partial charge in [-0.1, -0.05) is 0 Å². The number of aryl methyl sites for hydroxylation is 1. The van der Waals surface area contributed by atoms with Crippen LogP contribution in [0, 0.1) is 0 Å². The predicted octanol–water partition coefficient (Wildman–Crippen LogP) is 2.50. The van der Waals surface area contributed by atoms with Crippen LogP contribution in [0.3, 0.4) is 0 Å². The number of halogens is 1. The summed E-state index contributed by atoms with van der Waals surface area (Å²) in [6, 6.07) is 2.01. The molecule has 0 bridgehead atoms. The van der Waals surface area contributed by atoms with Gasteiger partial charge < -0.3 is 9.30 Å². The summed E-state index contributed by atoms with van der Waals surface area (Å²) in [5, 5.41) is 0. The Hall–Kier alpha value is -0.800. The molecule has 0 fully saturated rings. The molecule has 0 saturated carbocycles. The monoisotopic (exact) mass is 269 g/mol. The molecule has 1 aliphatic rings. The molecule has 0 radical (unpaired) electrons. The Bertz CT molecular complexity index is 468. The van der Waals surface area contributed by atoms with Crippen LogP contribution in [0.2, 0.25) is 0 Å². The van der Waals surface area contributed by atoms with Crippen molar-refractivity contribution in [3.05, 3.63) is 33.2 Å². The fourth-order valence-corrected chi connectivity index (χ4v) is 2.84. The SMILES string of the molecule is COCCCn1c2c(cc(CCl)c1=O)CCCC2. The van der Waals surface area contributed by atoms with Gasteiger partial charge in [0.15, 0.2) is 0 Å². The van der Waals surface area contributed by atoms with E-state index in [2.05, 4.69) is 0 Å². The van der Waals surface area contributed by atoms with E-state index >= 15 is 0 Å². The highest BCUT2D eigenvalue weighted by atomic mass is 35.5. The van der Waals surface area contributed by atoms with E-state index in [4.69, 9.17) is 16.3 Å². The average Bonchev–Trinajstić information content (AvgIpc) is 2.41.